The second-order valence-corrected chi connectivity index (χ2v) is 5.51. The molecule has 0 aromatic heterocycles. The molecular weight excluding hydrogens is 260 g/mol. The highest BCUT2D eigenvalue weighted by Crippen LogP contribution is 2.11. The summed E-state index contributed by atoms with van der Waals surface area (Å²) in [6.45, 7) is 1.79. The van der Waals surface area contributed by atoms with Crippen molar-refractivity contribution < 1.29 is 4.79 Å². The van der Waals surface area contributed by atoms with Gasteiger partial charge in [-0.3, -0.25) is 4.79 Å². The van der Waals surface area contributed by atoms with E-state index < -0.39 is 0 Å². The monoisotopic (exact) mass is 280 g/mol. The molecule has 1 aliphatic heterocycles. The molecule has 0 bridgehead atoms. The fourth-order valence-corrected chi connectivity index (χ4v) is 2.52. The van der Waals surface area contributed by atoms with Crippen molar-refractivity contribution in [3.05, 3.63) is 34.9 Å². The average Bonchev–Trinajstić information content (AvgIpc) is 2.89. The molecule has 1 aromatic carbocycles. The van der Waals surface area contributed by atoms with E-state index in [1.165, 1.54) is 12.0 Å². The van der Waals surface area contributed by atoms with Gasteiger partial charge < -0.3 is 10.6 Å². The quantitative estimate of drug-likeness (QED) is 0.786. The van der Waals surface area contributed by atoms with Crippen LogP contribution >= 0.6 is 11.6 Å². The van der Waals surface area contributed by atoms with Crippen LogP contribution in [0.1, 0.15) is 31.2 Å². The third-order valence-electron chi connectivity index (χ3n) is 3.47. The molecule has 0 aliphatic carbocycles. The Morgan fingerprint density at radius 3 is 2.84 bits per heavy atom. The number of hydrogen-bond donors (Lipinski definition) is 2. The summed E-state index contributed by atoms with van der Waals surface area (Å²) in [5.74, 6) is 0.163. The predicted octanol–water partition coefficient (Wildman–Crippen LogP) is 2.53. The van der Waals surface area contributed by atoms with Gasteiger partial charge in [-0.15, -0.1) is 0 Å². The number of benzene rings is 1. The molecule has 1 aromatic rings. The van der Waals surface area contributed by atoms with Gasteiger partial charge in [0.05, 0.1) is 0 Å². The summed E-state index contributed by atoms with van der Waals surface area (Å²) in [6, 6.07) is 8.26. The highest BCUT2D eigenvalue weighted by Gasteiger charge is 2.16. The van der Waals surface area contributed by atoms with E-state index in [1.54, 1.807) is 0 Å². The van der Waals surface area contributed by atoms with Crippen molar-refractivity contribution in [2.24, 2.45) is 0 Å². The number of halogens is 1. The second-order valence-electron chi connectivity index (χ2n) is 5.08. The molecule has 104 valence electrons. The topological polar surface area (TPSA) is 41.1 Å². The second kappa shape index (κ2) is 7.51. The number of amides is 1. The molecule has 1 unspecified atom stereocenters. The molecule has 19 heavy (non-hydrogen) atoms. The normalized spacial score (nSPS) is 18.5. The van der Waals surface area contributed by atoms with Crippen molar-refractivity contribution >= 4 is 17.5 Å². The summed E-state index contributed by atoms with van der Waals surface area (Å²) in [7, 11) is 0. The van der Waals surface area contributed by atoms with Crippen LogP contribution in [0.3, 0.4) is 0 Å². The molecule has 2 rings (SSSR count). The van der Waals surface area contributed by atoms with Crippen LogP contribution in [0.5, 0.6) is 0 Å². The molecule has 1 heterocycles. The van der Waals surface area contributed by atoms with Gasteiger partial charge in [-0.25, -0.2) is 0 Å². The molecule has 0 radical (unpaired) electrons. The molecule has 2 N–H and O–H groups in total. The van der Waals surface area contributed by atoms with Crippen LogP contribution in [0.4, 0.5) is 0 Å². The Kier molecular flexibility index (Phi) is 5.67. The summed E-state index contributed by atoms with van der Waals surface area (Å²) < 4.78 is 0. The Balaban J connectivity index is 1.58. The van der Waals surface area contributed by atoms with Crippen LogP contribution < -0.4 is 10.6 Å². The SMILES string of the molecule is O=C(CC1CCCN1)NCCCc1ccc(Cl)cc1. The summed E-state index contributed by atoms with van der Waals surface area (Å²) in [4.78, 5) is 11.7. The van der Waals surface area contributed by atoms with E-state index >= 15 is 0 Å². The first-order valence-corrected chi connectivity index (χ1v) is 7.36. The highest BCUT2D eigenvalue weighted by molar-refractivity contribution is 6.30. The molecule has 4 heteroatoms. The third kappa shape index (κ3) is 5.21. The average molecular weight is 281 g/mol. The van der Waals surface area contributed by atoms with Gasteiger partial charge in [0.15, 0.2) is 0 Å². The van der Waals surface area contributed by atoms with E-state index in [9.17, 15) is 4.79 Å². The maximum absolute atomic E-state index is 11.7. The molecule has 1 aliphatic rings. The van der Waals surface area contributed by atoms with Crippen molar-refractivity contribution in [1.82, 2.24) is 10.6 Å². The van der Waals surface area contributed by atoms with Gasteiger partial charge in [0.2, 0.25) is 5.91 Å². The van der Waals surface area contributed by atoms with Crippen molar-refractivity contribution in [3.8, 4) is 0 Å². The van der Waals surface area contributed by atoms with Crippen LogP contribution in [0, 0.1) is 0 Å². The predicted molar refractivity (Wildman–Crippen MR) is 78.4 cm³/mol. The fraction of sp³-hybridized carbons (Fsp3) is 0.533. The number of carbonyl (C=O) groups excluding carboxylic acids is 1. The first-order chi connectivity index (χ1) is 9.24. The minimum atomic E-state index is 0.163. The van der Waals surface area contributed by atoms with Gasteiger partial charge in [-0.05, 0) is 49.9 Å². The zero-order chi connectivity index (χ0) is 13.5. The van der Waals surface area contributed by atoms with Gasteiger partial charge in [-0.2, -0.15) is 0 Å². The number of carbonyl (C=O) groups is 1. The molecule has 3 nitrogen and oxygen atoms in total. The van der Waals surface area contributed by atoms with Crippen LogP contribution in [-0.2, 0) is 11.2 Å². The van der Waals surface area contributed by atoms with E-state index in [0.29, 0.717) is 12.5 Å². The number of hydrogen-bond acceptors (Lipinski definition) is 2. The lowest BCUT2D eigenvalue weighted by atomic mass is 10.1. The lowest BCUT2D eigenvalue weighted by Gasteiger charge is -2.10. The molecular formula is C15H21ClN2O. The Morgan fingerprint density at radius 2 is 2.16 bits per heavy atom. The first-order valence-electron chi connectivity index (χ1n) is 6.98. The zero-order valence-corrected chi connectivity index (χ0v) is 11.9. The molecule has 1 amide bonds. The van der Waals surface area contributed by atoms with Gasteiger partial charge in [0.1, 0.15) is 0 Å². The van der Waals surface area contributed by atoms with Crippen LogP contribution in [0.15, 0.2) is 24.3 Å². The minimum Gasteiger partial charge on any atom is -0.356 e. The molecule has 1 saturated heterocycles. The van der Waals surface area contributed by atoms with E-state index in [4.69, 9.17) is 11.6 Å². The molecule has 1 fully saturated rings. The summed E-state index contributed by atoms with van der Waals surface area (Å²) in [5.41, 5.74) is 1.26. The Bertz CT molecular complexity index is 399. The van der Waals surface area contributed by atoms with Crippen molar-refractivity contribution in [2.45, 2.75) is 38.1 Å². The lowest BCUT2D eigenvalue weighted by molar-refractivity contribution is -0.121. The van der Waals surface area contributed by atoms with E-state index in [2.05, 4.69) is 10.6 Å². The van der Waals surface area contributed by atoms with Crippen molar-refractivity contribution in [1.29, 1.82) is 0 Å². The molecule has 1 atom stereocenters. The van der Waals surface area contributed by atoms with Gasteiger partial charge in [0.25, 0.3) is 0 Å². The standard InChI is InChI=1S/C15H21ClN2O/c16-13-7-5-12(6-8-13)3-1-10-18-15(19)11-14-4-2-9-17-14/h5-8,14,17H,1-4,9-11H2,(H,18,19). The maximum Gasteiger partial charge on any atom is 0.221 e. The number of nitrogens with one attached hydrogen (secondary N) is 2. The smallest absolute Gasteiger partial charge is 0.221 e. The van der Waals surface area contributed by atoms with Crippen LogP contribution in [-0.4, -0.2) is 25.0 Å². The van der Waals surface area contributed by atoms with Gasteiger partial charge in [0, 0.05) is 24.0 Å². The summed E-state index contributed by atoms with van der Waals surface area (Å²) >= 11 is 5.83. The lowest BCUT2D eigenvalue weighted by Crippen LogP contribution is -2.32. The number of aryl methyl sites for hydroxylation is 1. The highest BCUT2D eigenvalue weighted by atomic mass is 35.5. The fourth-order valence-electron chi connectivity index (χ4n) is 2.40. The van der Waals surface area contributed by atoms with Gasteiger partial charge >= 0.3 is 0 Å². The summed E-state index contributed by atoms with van der Waals surface area (Å²) in [5, 5.41) is 7.09. The Hall–Kier alpha value is -1.06. The van der Waals surface area contributed by atoms with E-state index in [0.717, 1.165) is 37.4 Å². The molecule has 0 saturated carbocycles. The van der Waals surface area contributed by atoms with E-state index in [1.807, 2.05) is 24.3 Å². The first kappa shape index (κ1) is 14.4. The maximum atomic E-state index is 11.7. The van der Waals surface area contributed by atoms with Crippen molar-refractivity contribution in [2.75, 3.05) is 13.1 Å². The summed E-state index contributed by atoms with van der Waals surface area (Å²) in [6.07, 6.45) is 4.86. The third-order valence-corrected chi connectivity index (χ3v) is 3.72. The molecule has 0 spiro atoms. The minimum absolute atomic E-state index is 0.163. The van der Waals surface area contributed by atoms with Crippen LogP contribution in [0.2, 0.25) is 5.02 Å². The van der Waals surface area contributed by atoms with Crippen molar-refractivity contribution in [3.63, 3.8) is 0 Å². The van der Waals surface area contributed by atoms with Gasteiger partial charge in [-0.1, -0.05) is 23.7 Å². The zero-order valence-electron chi connectivity index (χ0n) is 11.1. The Morgan fingerprint density at radius 1 is 1.37 bits per heavy atom. The Labute approximate surface area is 119 Å². The number of rotatable bonds is 6. The van der Waals surface area contributed by atoms with E-state index in [-0.39, 0.29) is 5.91 Å². The largest absolute Gasteiger partial charge is 0.356 e. The van der Waals surface area contributed by atoms with Crippen LogP contribution in [0.25, 0.3) is 0 Å².